The maximum atomic E-state index is 14.8. The fourth-order valence-corrected chi connectivity index (χ4v) is 7.14. The van der Waals surface area contributed by atoms with E-state index in [4.69, 9.17) is 0 Å². The molecule has 1 aliphatic carbocycles. The molecule has 0 amide bonds. The maximum Gasteiger partial charge on any atom is 0.272 e. The van der Waals surface area contributed by atoms with E-state index >= 15 is 0 Å². The Morgan fingerprint density at radius 1 is 1.06 bits per heavy atom. The Hall–Kier alpha value is -2.45. The van der Waals surface area contributed by atoms with E-state index in [-0.39, 0.29) is 27.3 Å². The Labute approximate surface area is 182 Å². The molecular formula is C22H22F2N3O4P. The molecule has 2 aliphatic rings. The van der Waals surface area contributed by atoms with Gasteiger partial charge in [0, 0.05) is 47.7 Å². The summed E-state index contributed by atoms with van der Waals surface area (Å²) in [6.07, 6.45) is 2.92. The van der Waals surface area contributed by atoms with E-state index < -0.39 is 30.1 Å². The molecule has 3 N–H and O–H groups in total. The molecule has 0 unspecified atom stereocenters. The van der Waals surface area contributed by atoms with Crippen molar-refractivity contribution in [3.63, 3.8) is 0 Å². The van der Waals surface area contributed by atoms with E-state index in [0.717, 1.165) is 31.0 Å². The van der Waals surface area contributed by atoms with Crippen LogP contribution in [0.3, 0.4) is 0 Å². The van der Waals surface area contributed by atoms with Crippen LogP contribution < -0.4 is 10.9 Å². The van der Waals surface area contributed by atoms with Gasteiger partial charge in [-0.15, -0.1) is 0 Å². The van der Waals surface area contributed by atoms with Gasteiger partial charge >= 0.3 is 0 Å². The molecule has 7 nitrogen and oxygen atoms in total. The zero-order valence-electron chi connectivity index (χ0n) is 17.1. The van der Waals surface area contributed by atoms with Gasteiger partial charge in [-0.05, 0) is 43.2 Å². The molecule has 0 radical (unpaired) electrons. The second-order valence-electron chi connectivity index (χ2n) is 8.53. The molecule has 168 valence electrons. The summed E-state index contributed by atoms with van der Waals surface area (Å²) in [5.74, 6) is -4.06. The van der Waals surface area contributed by atoms with Gasteiger partial charge in [-0.2, -0.15) is 5.10 Å². The predicted octanol–water partition coefficient (Wildman–Crippen LogP) is 1.85. The lowest BCUT2D eigenvalue weighted by Crippen LogP contribution is -2.39. The number of hydrogen-bond donors (Lipinski definition) is 3. The molecule has 1 aliphatic heterocycles. The average Bonchev–Trinajstić information content (AvgIpc) is 3.60. The van der Waals surface area contributed by atoms with E-state index in [9.17, 15) is 28.4 Å². The van der Waals surface area contributed by atoms with Crippen molar-refractivity contribution in [2.24, 2.45) is 0 Å². The zero-order chi connectivity index (χ0) is 22.7. The van der Waals surface area contributed by atoms with Crippen molar-refractivity contribution in [3.05, 3.63) is 69.6 Å². The fraction of sp³-hybridized carbons (Fsp3) is 0.364. The Bertz CT molecular complexity index is 1310. The van der Waals surface area contributed by atoms with Crippen molar-refractivity contribution in [2.75, 3.05) is 25.4 Å². The third-order valence-electron chi connectivity index (χ3n) is 6.43. The van der Waals surface area contributed by atoms with Gasteiger partial charge in [-0.3, -0.25) is 9.69 Å². The van der Waals surface area contributed by atoms with Crippen LogP contribution in [0.15, 0.2) is 41.2 Å². The highest BCUT2D eigenvalue weighted by molar-refractivity contribution is 7.71. The van der Waals surface area contributed by atoms with Crippen LogP contribution in [-0.2, 0) is 10.4 Å². The first-order chi connectivity index (χ1) is 15.2. The van der Waals surface area contributed by atoms with Crippen molar-refractivity contribution < 1.29 is 23.6 Å². The van der Waals surface area contributed by atoms with Crippen molar-refractivity contribution >= 4 is 23.2 Å². The Morgan fingerprint density at radius 3 is 2.47 bits per heavy atom. The molecule has 5 rings (SSSR count). The number of aromatic amines is 1. The van der Waals surface area contributed by atoms with Gasteiger partial charge in [-0.1, -0.05) is 6.07 Å². The minimum atomic E-state index is -3.07. The monoisotopic (exact) mass is 461 g/mol. The molecule has 1 saturated heterocycles. The SMILES string of the molecule is O=c1[nH]nc(C(O)(O)c2ccc(F)c(P3(=O)CCN(C4CC4)CC3)c2)c2ccc(F)cc12. The van der Waals surface area contributed by atoms with Gasteiger partial charge in [0.2, 0.25) is 5.79 Å². The maximum absolute atomic E-state index is 14.8. The van der Waals surface area contributed by atoms with Gasteiger partial charge in [0.15, 0.2) is 0 Å². The van der Waals surface area contributed by atoms with Gasteiger partial charge in [0.05, 0.1) is 5.39 Å². The smallest absolute Gasteiger partial charge is 0.272 e. The molecule has 2 aromatic carbocycles. The summed E-state index contributed by atoms with van der Waals surface area (Å²) in [4.78, 5) is 14.3. The first kappa shape index (κ1) is 21.4. The van der Waals surface area contributed by atoms with Gasteiger partial charge < -0.3 is 14.8 Å². The van der Waals surface area contributed by atoms with Crippen LogP contribution in [0, 0.1) is 11.6 Å². The highest BCUT2D eigenvalue weighted by Crippen LogP contribution is 2.49. The Balaban J connectivity index is 1.56. The van der Waals surface area contributed by atoms with E-state index in [2.05, 4.69) is 15.1 Å². The highest BCUT2D eigenvalue weighted by atomic mass is 31.2. The third kappa shape index (κ3) is 3.59. The zero-order valence-corrected chi connectivity index (χ0v) is 18.0. The number of hydrogen-bond acceptors (Lipinski definition) is 6. The van der Waals surface area contributed by atoms with Crippen LogP contribution in [0.25, 0.3) is 10.8 Å². The van der Waals surface area contributed by atoms with Crippen molar-refractivity contribution in [1.29, 1.82) is 0 Å². The summed E-state index contributed by atoms with van der Waals surface area (Å²) in [6.45, 7) is 1.24. The van der Waals surface area contributed by atoms with Crippen LogP contribution in [-0.4, -0.2) is 56.8 Å². The molecule has 1 saturated carbocycles. The Kier molecular flexibility index (Phi) is 5.05. The summed E-state index contributed by atoms with van der Waals surface area (Å²) in [7, 11) is -3.07. The molecular weight excluding hydrogens is 439 g/mol. The number of nitrogens with one attached hydrogen (secondary N) is 1. The average molecular weight is 461 g/mol. The van der Waals surface area contributed by atoms with Gasteiger partial charge in [-0.25, -0.2) is 13.9 Å². The quantitative estimate of drug-likeness (QED) is 0.405. The van der Waals surface area contributed by atoms with Crippen LogP contribution in [0.1, 0.15) is 24.1 Å². The minimum absolute atomic E-state index is 0.0160. The van der Waals surface area contributed by atoms with Crippen molar-refractivity contribution in [2.45, 2.75) is 24.7 Å². The second kappa shape index (κ2) is 7.56. The Morgan fingerprint density at radius 2 is 1.78 bits per heavy atom. The lowest BCUT2D eigenvalue weighted by molar-refractivity contribution is -0.134. The summed E-state index contributed by atoms with van der Waals surface area (Å²) in [6, 6.07) is 7.25. The van der Waals surface area contributed by atoms with Crippen molar-refractivity contribution in [1.82, 2.24) is 15.1 Å². The van der Waals surface area contributed by atoms with Crippen LogP contribution >= 0.6 is 7.14 Å². The summed E-state index contributed by atoms with van der Waals surface area (Å²) >= 11 is 0. The summed E-state index contributed by atoms with van der Waals surface area (Å²) < 4.78 is 42.0. The van der Waals surface area contributed by atoms with Crippen molar-refractivity contribution in [3.8, 4) is 0 Å². The number of aromatic nitrogens is 2. The fourth-order valence-electron chi connectivity index (χ4n) is 4.43. The molecule has 10 heteroatoms. The first-order valence-corrected chi connectivity index (χ1v) is 12.5. The molecule has 32 heavy (non-hydrogen) atoms. The van der Waals surface area contributed by atoms with Crippen LogP contribution in [0.2, 0.25) is 0 Å². The second-order valence-corrected chi connectivity index (χ2v) is 11.7. The number of H-pyrrole nitrogens is 1. The summed E-state index contributed by atoms with van der Waals surface area (Å²) in [5, 5.41) is 27.8. The minimum Gasteiger partial charge on any atom is -0.357 e. The molecule has 3 aromatic rings. The van der Waals surface area contributed by atoms with Gasteiger partial charge in [0.25, 0.3) is 5.56 Å². The number of halogens is 2. The van der Waals surface area contributed by atoms with Gasteiger partial charge in [0.1, 0.15) is 24.5 Å². The number of benzene rings is 2. The topological polar surface area (TPSA) is 107 Å². The summed E-state index contributed by atoms with van der Waals surface area (Å²) in [5.41, 5.74) is -1.17. The van der Waals surface area contributed by atoms with E-state index in [1.165, 1.54) is 18.2 Å². The van der Waals surface area contributed by atoms with E-state index in [0.29, 0.717) is 31.5 Å². The van der Waals surface area contributed by atoms with Crippen LogP contribution in [0.5, 0.6) is 0 Å². The number of fused-ring (bicyclic) bond motifs is 1. The molecule has 0 spiro atoms. The number of nitrogens with zero attached hydrogens (tertiary/aromatic N) is 2. The van der Waals surface area contributed by atoms with E-state index in [1.54, 1.807) is 0 Å². The number of aliphatic hydroxyl groups is 2. The molecule has 0 atom stereocenters. The third-order valence-corrected chi connectivity index (χ3v) is 9.49. The first-order valence-electron chi connectivity index (χ1n) is 10.4. The predicted molar refractivity (Wildman–Crippen MR) is 116 cm³/mol. The standard InChI is InChI=1S/C22H22F2N3O4P/c23-14-2-5-16-17(12-14)21(28)26-25-20(16)22(29,30)13-1-6-18(24)19(11-13)32(31)9-7-27(8-10-32)15-3-4-15/h1-2,5-6,11-12,15,29-30H,3-4,7-10H2,(H,26,28). The lowest BCUT2D eigenvalue weighted by Gasteiger charge is -2.33. The lowest BCUT2D eigenvalue weighted by atomic mass is 9.98. The largest absolute Gasteiger partial charge is 0.357 e. The van der Waals surface area contributed by atoms with Crippen LogP contribution in [0.4, 0.5) is 8.78 Å². The molecule has 0 bridgehead atoms. The highest BCUT2D eigenvalue weighted by Gasteiger charge is 2.40. The normalized spacial score (nSPS) is 19.4. The molecule has 2 fully saturated rings. The molecule has 1 aromatic heterocycles. The number of rotatable bonds is 4. The van der Waals surface area contributed by atoms with E-state index in [1.807, 2.05) is 0 Å². The molecule has 2 heterocycles.